The minimum atomic E-state index is -3.51. The monoisotopic (exact) mass is 325 g/mol. The van der Waals surface area contributed by atoms with Crippen molar-refractivity contribution in [2.45, 2.75) is 13.8 Å². The summed E-state index contributed by atoms with van der Waals surface area (Å²) in [5, 5.41) is 5.90. The number of primary sulfonamides is 1. The molecule has 0 aliphatic rings. The van der Waals surface area contributed by atoms with Crippen LogP contribution in [0.15, 0.2) is 18.2 Å². The van der Waals surface area contributed by atoms with Gasteiger partial charge in [-0.1, -0.05) is 37.0 Å². The van der Waals surface area contributed by atoms with E-state index in [-0.39, 0.29) is 24.2 Å². The summed E-state index contributed by atoms with van der Waals surface area (Å²) in [5.41, 5.74) is 0. The van der Waals surface area contributed by atoms with Gasteiger partial charge in [-0.15, -0.1) is 0 Å². The molecule has 0 heterocycles. The molecule has 7 heteroatoms. The van der Waals surface area contributed by atoms with Gasteiger partial charge in [0.05, 0.1) is 22.4 Å². The van der Waals surface area contributed by atoms with Crippen molar-refractivity contribution in [3.63, 3.8) is 0 Å². The standard InChI is InChI=1S/C12H17Cl2NO3S/c1-8(2)9(7-19(15,16)17)6-18-10-3-4-11(13)12(14)5-10/h3-5,8-9H,6-7H2,1-2H3,(H2,15,16,17). The molecule has 2 N–H and O–H groups in total. The number of hydrogen-bond donors (Lipinski definition) is 1. The molecule has 0 bridgehead atoms. The van der Waals surface area contributed by atoms with Crippen LogP contribution in [0.3, 0.4) is 0 Å². The lowest BCUT2D eigenvalue weighted by molar-refractivity contribution is 0.225. The number of rotatable bonds is 6. The summed E-state index contributed by atoms with van der Waals surface area (Å²) >= 11 is 11.7. The minimum absolute atomic E-state index is 0.105. The van der Waals surface area contributed by atoms with Gasteiger partial charge >= 0.3 is 0 Å². The quantitative estimate of drug-likeness (QED) is 0.874. The van der Waals surface area contributed by atoms with E-state index in [4.69, 9.17) is 33.1 Å². The fraction of sp³-hybridized carbons (Fsp3) is 0.500. The fourth-order valence-corrected chi connectivity index (χ4v) is 2.87. The van der Waals surface area contributed by atoms with Crippen LogP contribution in [0.2, 0.25) is 10.0 Å². The van der Waals surface area contributed by atoms with Gasteiger partial charge < -0.3 is 4.74 Å². The fourth-order valence-electron chi connectivity index (χ4n) is 1.50. The maximum atomic E-state index is 11.1. The molecule has 108 valence electrons. The molecule has 0 fully saturated rings. The van der Waals surface area contributed by atoms with Crippen LogP contribution in [0.1, 0.15) is 13.8 Å². The van der Waals surface area contributed by atoms with E-state index in [1.54, 1.807) is 18.2 Å². The number of halogens is 2. The van der Waals surface area contributed by atoms with Crippen molar-refractivity contribution in [2.75, 3.05) is 12.4 Å². The third-order valence-electron chi connectivity index (χ3n) is 2.74. The molecule has 0 radical (unpaired) electrons. The van der Waals surface area contributed by atoms with Crippen molar-refractivity contribution in [2.24, 2.45) is 17.0 Å². The molecule has 4 nitrogen and oxygen atoms in total. The Hall–Kier alpha value is -0.490. The number of nitrogens with two attached hydrogens (primary N) is 1. The zero-order valence-electron chi connectivity index (χ0n) is 10.8. The van der Waals surface area contributed by atoms with Crippen LogP contribution in [0.25, 0.3) is 0 Å². The average molecular weight is 326 g/mol. The summed E-state index contributed by atoms with van der Waals surface area (Å²) in [6, 6.07) is 4.91. The van der Waals surface area contributed by atoms with Gasteiger partial charge in [-0.2, -0.15) is 0 Å². The zero-order valence-corrected chi connectivity index (χ0v) is 13.1. The van der Waals surface area contributed by atoms with E-state index in [1.165, 1.54) is 0 Å². The van der Waals surface area contributed by atoms with E-state index in [2.05, 4.69) is 0 Å². The molecule has 1 unspecified atom stereocenters. The lowest BCUT2D eigenvalue weighted by atomic mass is 9.99. The summed E-state index contributed by atoms with van der Waals surface area (Å²) in [6.45, 7) is 4.11. The Morgan fingerprint density at radius 2 is 1.89 bits per heavy atom. The highest BCUT2D eigenvalue weighted by atomic mass is 35.5. The lowest BCUT2D eigenvalue weighted by Gasteiger charge is -2.20. The highest BCUT2D eigenvalue weighted by Crippen LogP contribution is 2.27. The van der Waals surface area contributed by atoms with Crippen LogP contribution < -0.4 is 9.88 Å². The normalized spacial score (nSPS) is 13.6. The largest absolute Gasteiger partial charge is 0.493 e. The summed E-state index contributed by atoms with van der Waals surface area (Å²) in [4.78, 5) is 0. The third-order valence-corrected chi connectivity index (χ3v) is 4.38. The number of ether oxygens (including phenoxy) is 1. The van der Waals surface area contributed by atoms with Crippen LogP contribution in [0, 0.1) is 11.8 Å². The topological polar surface area (TPSA) is 69.4 Å². The molecule has 1 atom stereocenters. The van der Waals surface area contributed by atoms with Crippen molar-refractivity contribution >= 4 is 33.2 Å². The molecule has 1 rings (SSSR count). The minimum Gasteiger partial charge on any atom is -0.493 e. The highest BCUT2D eigenvalue weighted by molar-refractivity contribution is 7.89. The van der Waals surface area contributed by atoms with E-state index in [1.807, 2.05) is 13.8 Å². The molecule has 1 aromatic carbocycles. The molecule has 0 aromatic heterocycles. The molecule has 0 saturated heterocycles. The van der Waals surface area contributed by atoms with E-state index in [0.717, 1.165) is 0 Å². The molecule has 0 aliphatic heterocycles. The second kappa shape index (κ2) is 6.79. The maximum Gasteiger partial charge on any atom is 0.209 e. The lowest BCUT2D eigenvalue weighted by Crippen LogP contribution is -2.30. The summed E-state index contributed by atoms with van der Waals surface area (Å²) < 4.78 is 27.8. The van der Waals surface area contributed by atoms with Gasteiger partial charge in [0, 0.05) is 12.0 Å². The predicted molar refractivity (Wildman–Crippen MR) is 78.3 cm³/mol. The second-order valence-corrected chi connectivity index (χ2v) is 7.19. The Labute approximate surface area is 123 Å². The molecular weight excluding hydrogens is 309 g/mol. The Morgan fingerprint density at radius 3 is 2.37 bits per heavy atom. The molecule has 0 spiro atoms. The van der Waals surface area contributed by atoms with Crippen molar-refractivity contribution in [1.82, 2.24) is 0 Å². The van der Waals surface area contributed by atoms with E-state index in [9.17, 15) is 8.42 Å². The van der Waals surface area contributed by atoms with Gasteiger partial charge in [0.15, 0.2) is 0 Å². The Morgan fingerprint density at radius 1 is 1.26 bits per heavy atom. The van der Waals surface area contributed by atoms with Crippen LogP contribution in [0.5, 0.6) is 5.75 Å². The molecule has 19 heavy (non-hydrogen) atoms. The van der Waals surface area contributed by atoms with Crippen LogP contribution in [0.4, 0.5) is 0 Å². The van der Waals surface area contributed by atoms with E-state index >= 15 is 0 Å². The Balaban J connectivity index is 2.68. The summed E-state index contributed by atoms with van der Waals surface area (Å²) in [7, 11) is -3.51. The summed E-state index contributed by atoms with van der Waals surface area (Å²) in [5.74, 6) is 0.409. The first kappa shape index (κ1) is 16.6. The first-order valence-corrected chi connectivity index (χ1v) is 8.24. The maximum absolute atomic E-state index is 11.1. The van der Waals surface area contributed by atoms with E-state index in [0.29, 0.717) is 15.8 Å². The smallest absolute Gasteiger partial charge is 0.209 e. The van der Waals surface area contributed by atoms with Crippen molar-refractivity contribution in [3.05, 3.63) is 28.2 Å². The van der Waals surface area contributed by atoms with Gasteiger partial charge in [-0.05, 0) is 18.1 Å². The van der Waals surface area contributed by atoms with Crippen LogP contribution >= 0.6 is 23.2 Å². The van der Waals surface area contributed by atoms with Crippen molar-refractivity contribution in [3.8, 4) is 5.75 Å². The van der Waals surface area contributed by atoms with Crippen molar-refractivity contribution < 1.29 is 13.2 Å². The highest BCUT2D eigenvalue weighted by Gasteiger charge is 2.20. The third kappa shape index (κ3) is 5.99. The number of benzene rings is 1. The number of hydrogen-bond acceptors (Lipinski definition) is 3. The SMILES string of the molecule is CC(C)C(COc1ccc(Cl)c(Cl)c1)CS(N)(=O)=O. The van der Waals surface area contributed by atoms with Crippen LogP contribution in [-0.2, 0) is 10.0 Å². The molecule has 0 aliphatic carbocycles. The van der Waals surface area contributed by atoms with Gasteiger partial charge in [0.25, 0.3) is 0 Å². The molecule has 0 saturated carbocycles. The Bertz CT molecular complexity index is 532. The summed E-state index contributed by atoms with van der Waals surface area (Å²) in [6.07, 6.45) is 0. The van der Waals surface area contributed by atoms with Crippen molar-refractivity contribution in [1.29, 1.82) is 0 Å². The van der Waals surface area contributed by atoms with Gasteiger partial charge in [-0.25, -0.2) is 13.6 Å². The van der Waals surface area contributed by atoms with Gasteiger partial charge in [-0.3, -0.25) is 0 Å². The number of sulfonamides is 1. The first-order valence-electron chi connectivity index (χ1n) is 5.77. The molecular formula is C12H17Cl2NO3S. The average Bonchev–Trinajstić information content (AvgIpc) is 2.27. The van der Waals surface area contributed by atoms with E-state index < -0.39 is 10.0 Å². The Kier molecular flexibility index (Phi) is 5.92. The first-order chi connectivity index (χ1) is 8.69. The second-order valence-electron chi connectivity index (χ2n) is 4.72. The molecule has 0 amide bonds. The van der Waals surface area contributed by atoms with Gasteiger partial charge in [0.2, 0.25) is 10.0 Å². The van der Waals surface area contributed by atoms with Gasteiger partial charge in [0.1, 0.15) is 5.75 Å². The zero-order chi connectivity index (χ0) is 14.6. The van der Waals surface area contributed by atoms with Crippen LogP contribution in [-0.4, -0.2) is 20.8 Å². The predicted octanol–water partition coefficient (Wildman–Crippen LogP) is 2.93. The molecule has 1 aromatic rings.